The topological polar surface area (TPSA) is 58.6 Å². The third kappa shape index (κ3) is 5.91. The van der Waals surface area contributed by atoms with Crippen molar-refractivity contribution < 1.29 is 14.3 Å². The van der Waals surface area contributed by atoms with Gasteiger partial charge < -0.3 is 15.0 Å². The molecule has 1 aromatic carbocycles. The van der Waals surface area contributed by atoms with Gasteiger partial charge in [0.05, 0.1) is 22.3 Å². The molecular formula is C14H18Cl2N2O3. The van der Waals surface area contributed by atoms with Gasteiger partial charge in [-0.3, -0.25) is 9.59 Å². The minimum absolute atomic E-state index is 0.0550. The molecule has 0 radical (unpaired) electrons. The molecule has 0 saturated carbocycles. The summed E-state index contributed by atoms with van der Waals surface area (Å²) >= 11 is 12.0. The predicted octanol–water partition coefficient (Wildman–Crippen LogP) is 2.82. The normalized spacial score (nSPS) is 10.3. The predicted molar refractivity (Wildman–Crippen MR) is 83.8 cm³/mol. The number of benzene rings is 1. The van der Waals surface area contributed by atoms with E-state index in [4.69, 9.17) is 27.9 Å². The van der Waals surface area contributed by atoms with Crippen LogP contribution in [0.1, 0.15) is 13.3 Å². The van der Waals surface area contributed by atoms with Crippen molar-refractivity contribution in [1.82, 2.24) is 4.90 Å². The minimum Gasteiger partial charge on any atom is -0.385 e. The van der Waals surface area contributed by atoms with E-state index in [0.717, 1.165) is 0 Å². The van der Waals surface area contributed by atoms with E-state index in [1.165, 1.54) is 11.8 Å². The second-order valence-electron chi connectivity index (χ2n) is 4.43. The number of hydrogen-bond acceptors (Lipinski definition) is 3. The summed E-state index contributed by atoms with van der Waals surface area (Å²) in [5.74, 6) is -0.524. The fourth-order valence-corrected chi connectivity index (χ4v) is 2.21. The van der Waals surface area contributed by atoms with Crippen LogP contribution in [-0.2, 0) is 14.3 Å². The van der Waals surface area contributed by atoms with Crippen molar-refractivity contribution >= 4 is 40.7 Å². The number of nitrogens with one attached hydrogen (secondary N) is 1. The molecule has 0 saturated heterocycles. The van der Waals surface area contributed by atoms with Crippen LogP contribution in [0.25, 0.3) is 0 Å². The second kappa shape index (κ2) is 8.87. The third-order valence-electron chi connectivity index (χ3n) is 2.78. The van der Waals surface area contributed by atoms with Crippen molar-refractivity contribution in [2.75, 3.05) is 32.1 Å². The first-order chi connectivity index (χ1) is 9.95. The highest BCUT2D eigenvalue weighted by atomic mass is 35.5. The summed E-state index contributed by atoms with van der Waals surface area (Å²) in [5.41, 5.74) is 0.353. The number of ether oxygens (including phenoxy) is 1. The molecule has 116 valence electrons. The minimum atomic E-state index is -0.349. The summed E-state index contributed by atoms with van der Waals surface area (Å²) in [5, 5.41) is 3.33. The van der Waals surface area contributed by atoms with Crippen molar-refractivity contribution in [3.05, 3.63) is 28.2 Å². The second-order valence-corrected chi connectivity index (χ2v) is 5.25. The highest BCUT2D eigenvalue weighted by Crippen LogP contribution is 2.29. The van der Waals surface area contributed by atoms with Crippen LogP contribution in [0, 0.1) is 0 Å². The number of para-hydroxylation sites is 1. The molecule has 0 fully saturated rings. The molecule has 7 heteroatoms. The highest BCUT2D eigenvalue weighted by Gasteiger charge is 2.15. The molecule has 1 N–H and O–H groups in total. The lowest BCUT2D eigenvalue weighted by molar-refractivity contribution is -0.132. The maximum atomic E-state index is 12.0. The Balaban J connectivity index is 2.63. The van der Waals surface area contributed by atoms with Gasteiger partial charge >= 0.3 is 0 Å². The fraction of sp³-hybridized carbons (Fsp3) is 0.429. The van der Waals surface area contributed by atoms with E-state index in [2.05, 4.69) is 5.32 Å². The van der Waals surface area contributed by atoms with Crippen LogP contribution in [0.5, 0.6) is 0 Å². The Morgan fingerprint density at radius 3 is 2.43 bits per heavy atom. The number of nitrogens with zero attached hydrogens (tertiary/aromatic N) is 1. The molecule has 0 heterocycles. The Labute approximate surface area is 134 Å². The average molecular weight is 333 g/mol. The van der Waals surface area contributed by atoms with Gasteiger partial charge in [-0.25, -0.2) is 0 Å². The lowest BCUT2D eigenvalue weighted by atomic mass is 10.3. The van der Waals surface area contributed by atoms with E-state index in [1.807, 2.05) is 0 Å². The van der Waals surface area contributed by atoms with Crippen LogP contribution in [0.15, 0.2) is 18.2 Å². The van der Waals surface area contributed by atoms with Gasteiger partial charge in [-0.15, -0.1) is 0 Å². The van der Waals surface area contributed by atoms with E-state index >= 15 is 0 Å². The lowest BCUT2D eigenvalue weighted by Gasteiger charge is -2.20. The quantitative estimate of drug-likeness (QED) is 0.781. The van der Waals surface area contributed by atoms with Crippen LogP contribution in [0.2, 0.25) is 10.0 Å². The molecule has 2 amide bonds. The lowest BCUT2D eigenvalue weighted by Crippen LogP contribution is -2.37. The van der Waals surface area contributed by atoms with Crippen molar-refractivity contribution in [3.8, 4) is 0 Å². The van der Waals surface area contributed by atoms with Gasteiger partial charge in [-0.05, 0) is 18.6 Å². The van der Waals surface area contributed by atoms with Gasteiger partial charge in [0.2, 0.25) is 11.8 Å². The van der Waals surface area contributed by atoms with Gasteiger partial charge in [-0.1, -0.05) is 29.3 Å². The van der Waals surface area contributed by atoms with Gasteiger partial charge in [0.15, 0.2) is 0 Å². The first-order valence-corrected chi connectivity index (χ1v) is 7.19. The molecule has 5 nitrogen and oxygen atoms in total. The number of rotatable bonds is 7. The summed E-state index contributed by atoms with van der Waals surface area (Å²) in [6.07, 6.45) is 0.663. The summed E-state index contributed by atoms with van der Waals surface area (Å²) < 4.78 is 4.93. The molecule has 1 rings (SSSR count). The number of amides is 2. The number of halogens is 2. The first-order valence-electron chi connectivity index (χ1n) is 6.44. The SMILES string of the molecule is COCCCN(CC(=O)Nc1c(Cl)cccc1Cl)C(C)=O. The van der Waals surface area contributed by atoms with Crippen molar-refractivity contribution in [1.29, 1.82) is 0 Å². The molecule has 0 spiro atoms. The Hall–Kier alpha value is -1.30. The zero-order valence-corrected chi connectivity index (χ0v) is 13.5. The monoisotopic (exact) mass is 332 g/mol. The Bertz CT molecular complexity index is 489. The molecule has 0 aromatic heterocycles. The third-order valence-corrected chi connectivity index (χ3v) is 3.41. The maximum absolute atomic E-state index is 12.0. The molecule has 1 aromatic rings. The van der Waals surface area contributed by atoms with Gasteiger partial charge in [0.1, 0.15) is 0 Å². The molecule has 0 atom stereocenters. The number of carbonyl (C=O) groups is 2. The number of hydrogen-bond donors (Lipinski definition) is 1. The zero-order chi connectivity index (χ0) is 15.8. The molecule has 0 aliphatic rings. The Morgan fingerprint density at radius 2 is 1.90 bits per heavy atom. The first kappa shape index (κ1) is 17.8. The van der Waals surface area contributed by atoms with Gasteiger partial charge in [0, 0.05) is 27.2 Å². The van der Waals surface area contributed by atoms with E-state index in [0.29, 0.717) is 35.3 Å². The highest BCUT2D eigenvalue weighted by molar-refractivity contribution is 6.39. The molecule has 0 bridgehead atoms. The molecule has 21 heavy (non-hydrogen) atoms. The molecule has 0 aliphatic carbocycles. The van der Waals surface area contributed by atoms with Crippen LogP contribution in [0.4, 0.5) is 5.69 Å². The van der Waals surface area contributed by atoms with Crippen molar-refractivity contribution in [2.45, 2.75) is 13.3 Å². The van der Waals surface area contributed by atoms with E-state index in [1.54, 1.807) is 25.3 Å². The largest absolute Gasteiger partial charge is 0.385 e. The van der Waals surface area contributed by atoms with E-state index in [9.17, 15) is 9.59 Å². The van der Waals surface area contributed by atoms with Crippen LogP contribution >= 0.6 is 23.2 Å². The molecule has 0 unspecified atom stereocenters. The van der Waals surface area contributed by atoms with Gasteiger partial charge in [-0.2, -0.15) is 0 Å². The molecular weight excluding hydrogens is 315 g/mol. The Morgan fingerprint density at radius 1 is 1.29 bits per heavy atom. The smallest absolute Gasteiger partial charge is 0.244 e. The van der Waals surface area contributed by atoms with Crippen molar-refractivity contribution in [2.24, 2.45) is 0 Å². The van der Waals surface area contributed by atoms with Crippen molar-refractivity contribution in [3.63, 3.8) is 0 Å². The average Bonchev–Trinajstić information content (AvgIpc) is 2.42. The number of carbonyl (C=O) groups excluding carboxylic acids is 2. The number of anilines is 1. The summed E-state index contributed by atoms with van der Waals surface area (Å²) in [6, 6.07) is 4.95. The standard InChI is InChI=1S/C14H18Cl2N2O3/c1-10(19)18(7-4-8-21-2)9-13(20)17-14-11(15)5-3-6-12(14)16/h3,5-6H,4,7-9H2,1-2H3,(H,17,20). The zero-order valence-electron chi connectivity index (χ0n) is 12.0. The van der Waals surface area contributed by atoms with Crippen LogP contribution in [-0.4, -0.2) is 43.5 Å². The van der Waals surface area contributed by atoms with Gasteiger partial charge in [0.25, 0.3) is 0 Å². The van der Waals surface area contributed by atoms with E-state index in [-0.39, 0.29) is 18.4 Å². The Kier molecular flexibility index (Phi) is 7.50. The molecule has 0 aliphatic heterocycles. The summed E-state index contributed by atoms with van der Waals surface area (Å²) in [4.78, 5) is 25.0. The fourth-order valence-electron chi connectivity index (χ4n) is 1.72. The summed E-state index contributed by atoms with van der Waals surface area (Å²) in [7, 11) is 1.59. The maximum Gasteiger partial charge on any atom is 0.244 e. The number of methoxy groups -OCH3 is 1. The van der Waals surface area contributed by atoms with Crippen LogP contribution in [0.3, 0.4) is 0 Å². The van der Waals surface area contributed by atoms with Crippen LogP contribution < -0.4 is 5.32 Å². The van der Waals surface area contributed by atoms with E-state index < -0.39 is 0 Å². The summed E-state index contributed by atoms with van der Waals surface area (Å²) in [6.45, 7) is 2.34.